The number of amides is 1. The molecular formula is C20H25N3O. The van der Waals surface area contributed by atoms with E-state index in [1.165, 1.54) is 12.8 Å². The molecule has 1 saturated heterocycles. The average Bonchev–Trinajstić information content (AvgIpc) is 3.44. The molecule has 1 saturated carbocycles. The summed E-state index contributed by atoms with van der Waals surface area (Å²) in [6, 6.07) is 10.5. The fourth-order valence-electron chi connectivity index (χ4n) is 3.53. The molecule has 0 unspecified atom stereocenters. The zero-order valence-electron chi connectivity index (χ0n) is 14.3. The molecule has 4 rings (SSSR count). The van der Waals surface area contributed by atoms with Gasteiger partial charge in [-0.3, -0.25) is 9.78 Å². The number of fused-ring (bicyclic) bond motifs is 1. The quantitative estimate of drug-likeness (QED) is 0.940. The molecule has 24 heavy (non-hydrogen) atoms. The number of para-hydroxylation sites is 1. The van der Waals surface area contributed by atoms with Crippen molar-refractivity contribution in [2.24, 2.45) is 5.92 Å². The summed E-state index contributed by atoms with van der Waals surface area (Å²) < 4.78 is 0. The van der Waals surface area contributed by atoms with Gasteiger partial charge in [-0.25, -0.2) is 0 Å². The molecule has 0 atom stereocenters. The Kier molecular flexibility index (Phi) is 4.23. The Labute approximate surface area is 143 Å². The first-order valence-corrected chi connectivity index (χ1v) is 9.10. The Bertz CT molecular complexity index is 746. The number of rotatable bonds is 4. The van der Waals surface area contributed by atoms with Crippen LogP contribution in [0.5, 0.6) is 0 Å². The van der Waals surface area contributed by atoms with Crippen molar-refractivity contribution in [3.8, 4) is 0 Å². The number of carbonyl (C=O) groups excluding carboxylic acids is 1. The van der Waals surface area contributed by atoms with Crippen LogP contribution in [-0.2, 0) is 0 Å². The molecule has 1 amide bonds. The first-order chi connectivity index (χ1) is 11.7. The van der Waals surface area contributed by atoms with Crippen LogP contribution in [0.2, 0.25) is 0 Å². The average molecular weight is 323 g/mol. The van der Waals surface area contributed by atoms with Gasteiger partial charge in [-0.15, -0.1) is 0 Å². The van der Waals surface area contributed by atoms with Gasteiger partial charge < -0.3 is 10.2 Å². The van der Waals surface area contributed by atoms with Gasteiger partial charge in [-0.1, -0.05) is 18.2 Å². The molecule has 1 aromatic heterocycles. The first-order valence-electron chi connectivity index (χ1n) is 9.10. The lowest BCUT2D eigenvalue weighted by molar-refractivity contribution is 0.0707. The molecule has 126 valence electrons. The van der Waals surface area contributed by atoms with E-state index in [1.54, 1.807) is 0 Å². The normalized spacial score (nSPS) is 19.0. The van der Waals surface area contributed by atoms with Gasteiger partial charge in [0.2, 0.25) is 0 Å². The number of aryl methyl sites for hydroxylation is 1. The smallest absolute Gasteiger partial charge is 0.256 e. The predicted molar refractivity (Wildman–Crippen MR) is 96.1 cm³/mol. The highest BCUT2D eigenvalue weighted by Crippen LogP contribution is 2.28. The molecule has 0 spiro atoms. The summed E-state index contributed by atoms with van der Waals surface area (Å²) in [4.78, 5) is 19.6. The van der Waals surface area contributed by atoms with Crippen molar-refractivity contribution in [2.75, 3.05) is 19.6 Å². The Hall–Kier alpha value is -1.94. The zero-order chi connectivity index (χ0) is 16.5. The number of hydrogen-bond acceptors (Lipinski definition) is 3. The summed E-state index contributed by atoms with van der Waals surface area (Å²) in [7, 11) is 0. The van der Waals surface area contributed by atoms with E-state index in [0.29, 0.717) is 6.04 Å². The van der Waals surface area contributed by atoms with Crippen LogP contribution in [0.15, 0.2) is 30.3 Å². The molecule has 1 aliphatic heterocycles. The van der Waals surface area contributed by atoms with Crippen molar-refractivity contribution in [3.05, 3.63) is 41.6 Å². The maximum absolute atomic E-state index is 13.0. The largest absolute Gasteiger partial charge is 0.338 e. The van der Waals surface area contributed by atoms with Crippen LogP contribution in [0.3, 0.4) is 0 Å². The van der Waals surface area contributed by atoms with Gasteiger partial charge >= 0.3 is 0 Å². The zero-order valence-corrected chi connectivity index (χ0v) is 14.3. The Morgan fingerprint density at radius 2 is 1.96 bits per heavy atom. The highest BCUT2D eigenvalue weighted by Gasteiger charge is 2.27. The van der Waals surface area contributed by atoms with Crippen LogP contribution in [0, 0.1) is 12.8 Å². The Balaban J connectivity index is 1.45. The van der Waals surface area contributed by atoms with E-state index in [1.807, 2.05) is 42.2 Å². The summed E-state index contributed by atoms with van der Waals surface area (Å²) in [6.45, 7) is 4.80. The molecule has 1 aliphatic carbocycles. The van der Waals surface area contributed by atoms with Gasteiger partial charge in [0.1, 0.15) is 0 Å². The minimum atomic E-state index is 0.124. The van der Waals surface area contributed by atoms with Crippen molar-refractivity contribution in [1.29, 1.82) is 0 Å². The number of hydrogen-bond donors (Lipinski definition) is 1. The monoisotopic (exact) mass is 323 g/mol. The van der Waals surface area contributed by atoms with Gasteiger partial charge in [0.05, 0.1) is 11.1 Å². The number of piperidine rings is 1. The molecule has 4 nitrogen and oxygen atoms in total. The van der Waals surface area contributed by atoms with Gasteiger partial charge in [0.25, 0.3) is 5.91 Å². The number of carbonyl (C=O) groups is 1. The van der Waals surface area contributed by atoms with E-state index >= 15 is 0 Å². The number of aromatic nitrogens is 1. The molecule has 0 bridgehead atoms. The molecule has 2 aliphatic rings. The minimum Gasteiger partial charge on any atom is -0.338 e. The number of nitrogens with zero attached hydrogens (tertiary/aromatic N) is 2. The highest BCUT2D eigenvalue weighted by atomic mass is 16.2. The number of benzene rings is 1. The molecule has 4 heteroatoms. The maximum Gasteiger partial charge on any atom is 0.256 e. The number of nitrogens with one attached hydrogen (secondary N) is 1. The molecule has 1 N–H and O–H groups in total. The highest BCUT2D eigenvalue weighted by molar-refractivity contribution is 6.05. The SMILES string of the molecule is Cc1ccc2cccc(C(=O)N3CCC(NCC4CC4)CC3)c2n1. The van der Waals surface area contributed by atoms with Crippen LogP contribution >= 0.6 is 0 Å². The Morgan fingerprint density at radius 3 is 2.71 bits per heavy atom. The van der Waals surface area contributed by atoms with Crippen LogP contribution in [-0.4, -0.2) is 41.5 Å². The molecular weight excluding hydrogens is 298 g/mol. The van der Waals surface area contributed by atoms with E-state index in [-0.39, 0.29) is 5.91 Å². The second kappa shape index (κ2) is 6.52. The van der Waals surface area contributed by atoms with Crippen LogP contribution in [0.4, 0.5) is 0 Å². The van der Waals surface area contributed by atoms with Crippen LogP contribution < -0.4 is 5.32 Å². The van der Waals surface area contributed by atoms with E-state index in [0.717, 1.165) is 60.6 Å². The molecule has 2 fully saturated rings. The lowest BCUT2D eigenvalue weighted by atomic mass is 10.0. The molecule has 1 aromatic carbocycles. The maximum atomic E-state index is 13.0. The first kappa shape index (κ1) is 15.6. The van der Waals surface area contributed by atoms with E-state index in [4.69, 9.17) is 0 Å². The van der Waals surface area contributed by atoms with Crippen molar-refractivity contribution in [3.63, 3.8) is 0 Å². The topological polar surface area (TPSA) is 45.2 Å². The van der Waals surface area contributed by atoms with Crippen LogP contribution in [0.25, 0.3) is 10.9 Å². The van der Waals surface area contributed by atoms with Crippen molar-refractivity contribution >= 4 is 16.8 Å². The Morgan fingerprint density at radius 1 is 1.17 bits per heavy atom. The van der Waals surface area contributed by atoms with E-state index in [9.17, 15) is 4.79 Å². The fraction of sp³-hybridized carbons (Fsp3) is 0.500. The number of pyridine rings is 1. The fourth-order valence-corrected chi connectivity index (χ4v) is 3.53. The molecule has 0 radical (unpaired) electrons. The van der Waals surface area contributed by atoms with Gasteiger partial charge in [0.15, 0.2) is 0 Å². The predicted octanol–water partition coefficient (Wildman–Crippen LogP) is 3.15. The van der Waals surface area contributed by atoms with Gasteiger partial charge in [0, 0.05) is 30.2 Å². The third-order valence-corrected chi connectivity index (χ3v) is 5.26. The lowest BCUT2D eigenvalue weighted by Gasteiger charge is -2.32. The third-order valence-electron chi connectivity index (χ3n) is 5.26. The van der Waals surface area contributed by atoms with Gasteiger partial charge in [-0.2, -0.15) is 0 Å². The van der Waals surface area contributed by atoms with Crippen molar-refractivity contribution < 1.29 is 4.79 Å². The second-order valence-corrected chi connectivity index (χ2v) is 7.25. The molecule has 2 heterocycles. The van der Waals surface area contributed by atoms with Crippen molar-refractivity contribution in [2.45, 2.75) is 38.6 Å². The number of likely N-dealkylation sites (tertiary alicyclic amines) is 1. The molecule has 2 aromatic rings. The summed E-state index contributed by atoms with van der Waals surface area (Å²) >= 11 is 0. The van der Waals surface area contributed by atoms with E-state index < -0.39 is 0 Å². The summed E-state index contributed by atoms with van der Waals surface area (Å²) in [5, 5.41) is 4.70. The van der Waals surface area contributed by atoms with E-state index in [2.05, 4.69) is 10.3 Å². The summed E-state index contributed by atoms with van der Waals surface area (Å²) in [5.41, 5.74) is 2.52. The standard InChI is InChI=1S/C20H25N3O/c1-14-5-8-16-3-2-4-18(19(16)22-14)20(24)23-11-9-17(10-12-23)21-13-15-6-7-15/h2-5,8,15,17,21H,6-7,9-13H2,1H3. The van der Waals surface area contributed by atoms with Crippen LogP contribution in [0.1, 0.15) is 41.7 Å². The second-order valence-electron chi connectivity index (χ2n) is 7.25. The lowest BCUT2D eigenvalue weighted by Crippen LogP contribution is -2.45. The summed E-state index contributed by atoms with van der Waals surface area (Å²) in [5.74, 6) is 1.04. The van der Waals surface area contributed by atoms with Crippen molar-refractivity contribution in [1.82, 2.24) is 15.2 Å². The third kappa shape index (κ3) is 3.29. The minimum absolute atomic E-state index is 0.124. The summed E-state index contributed by atoms with van der Waals surface area (Å²) in [6.07, 6.45) is 4.88. The van der Waals surface area contributed by atoms with Gasteiger partial charge in [-0.05, 0) is 57.2 Å².